The molecule has 2 aromatic rings. The van der Waals surface area contributed by atoms with Crippen molar-refractivity contribution in [1.82, 2.24) is 10.1 Å². The van der Waals surface area contributed by atoms with Crippen LogP contribution >= 0.6 is 0 Å². The highest BCUT2D eigenvalue weighted by Gasteiger charge is 2.30. The molecule has 0 N–H and O–H groups in total. The van der Waals surface area contributed by atoms with Gasteiger partial charge in [0.1, 0.15) is 0 Å². The number of benzene rings is 1. The topological polar surface area (TPSA) is 46.3 Å². The highest BCUT2D eigenvalue weighted by Crippen LogP contribution is 2.30. The van der Waals surface area contributed by atoms with Crippen molar-refractivity contribution in [2.24, 2.45) is 0 Å². The molecule has 2 heterocycles. The van der Waals surface area contributed by atoms with Gasteiger partial charge in [-0.15, -0.1) is 0 Å². The van der Waals surface area contributed by atoms with Gasteiger partial charge in [0.15, 0.2) is 0 Å². The van der Waals surface area contributed by atoms with Crippen LogP contribution in [0.5, 0.6) is 0 Å². The van der Waals surface area contributed by atoms with E-state index in [0.29, 0.717) is 11.7 Å². The van der Waals surface area contributed by atoms with E-state index in [0.717, 1.165) is 62.9 Å². The van der Waals surface area contributed by atoms with Gasteiger partial charge in [-0.3, -0.25) is 4.79 Å². The molecule has 4 nitrogen and oxygen atoms in total. The molecule has 1 fully saturated rings. The number of carbonyl (C=O) groups excluding carboxylic acids is 1. The van der Waals surface area contributed by atoms with Crippen LogP contribution in [0.1, 0.15) is 59.0 Å². The van der Waals surface area contributed by atoms with Gasteiger partial charge in [-0.05, 0) is 50.0 Å². The molecule has 0 bridgehead atoms. The molecule has 1 amide bonds. The third-order valence-corrected chi connectivity index (χ3v) is 5.21. The molecule has 0 spiro atoms. The van der Waals surface area contributed by atoms with Crippen LogP contribution in [0, 0.1) is 0 Å². The summed E-state index contributed by atoms with van der Waals surface area (Å²) in [6, 6.07) is 10.6. The zero-order chi connectivity index (χ0) is 15.6. The van der Waals surface area contributed by atoms with E-state index >= 15 is 0 Å². The summed E-state index contributed by atoms with van der Waals surface area (Å²) in [6.07, 6.45) is 6.20. The Labute approximate surface area is 136 Å². The van der Waals surface area contributed by atoms with Crippen LogP contribution in [-0.4, -0.2) is 29.1 Å². The molecule has 1 saturated heterocycles. The molecule has 0 saturated carbocycles. The number of amides is 1. The summed E-state index contributed by atoms with van der Waals surface area (Å²) >= 11 is 0. The first kappa shape index (κ1) is 14.5. The number of likely N-dealkylation sites (tertiary alicyclic amines) is 1. The number of nitrogens with zero attached hydrogens (tertiary/aromatic N) is 2. The number of hydrogen-bond donors (Lipinski definition) is 0. The molecule has 1 aromatic carbocycles. The molecular weight excluding hydrogens is 288 g/mol. The Morgan fingerprint density at radius 2 is 1.83 bits per heavy atom. The Hall–Kier alpha value is -2.10. The summed E-state index contributed by atoms with van der Waals surface area (Å²) in [7, 11) is 0. The summed E-state index contributed by atoms with van der Waals surface area (Å²) in [5.74, 6) is 1.09. The van der Waals surface area contributed by atoms with Gasteiger partial charge in [0.05, 0.1) is 5.69 Å². The van der Waals surface area contributed by atoms with Gasteiger partial charge in [0, 0.05) is 18.7 Å². The fraction of sp³-hybridized carbons (Fsp3) is 0.474. The molecule has 4 heteroatoms. The van der Waals surface area contributed by atoms with Crippen molar-refractivity contribution >= 4 is 5.91 Å². The maximum Gasteiger partial charge on any atom is 0.292 e. The zero-order valence-electron chi connectivity index (χ0n) is 13.3. The summed E-state index contributed by atoms with van der Waals surface area (Å²) in [5, 5.41) is 4.11. The van der Waals surface area contributed by atoms with Gasteiger partial charge in [-0.25, -0.2) is 0 Å². The van der Waals surface area contributed by atoms with E-state index in [-0.39, 0.29) is 5.91 Å². The smallest absolute Gasteiger partial charge is 0.292 e. The van der Waals surface area contributed by atoms with Crippen molar-refractivity contribution in [1.29, 1.82) is 0 Å². The van der Waals surface area contributed by atoms with Crippen molar-refractivity contribution in [2.75, 3.05) is 13.1 Å². The Bertz CT molecular complexity index is 685. The molecule has 0 unspecified atom stereocenters. The second-order valence-electron chi connectivity index (χ2n) is 6.62. The highest BCUT2D eigenvalue weighted by molar-refractivity contribution is 5.93. The molecule has 1 aliphatic carbocycles. The van der Waals surface area contributed by atoms with E-state index in [1.807, 2.05) is 4.90 Å². The minimum atomic E-state index is 0.0344. The van der Waals surface area contributed by atoms with Crippen LogP contribution in [0.15, 0.2) is 34.9 Å². The number of fused-ring (bicyclic) bond motifs is 1. The molecule has 1 aromatic heterocycles. The number of piperidine rings is 1. The van der Waals surface area contributed by atoms with E-state index in [1.165, 1.54) is 5.56 Å². The van der Waals surface area contributed by atoms with Crippen LogP contribution in [0.4, 0.5) is 0 Å². The molecule has 0 radical (unpaired) electrons. The lowest BCUT2D eigenvalue weighted by Crippen LogP contribution is -2.38. The number of aryl methyl sites for hydroxylation is 1. The van der Waals surface area contributed by atoms with E-state index in [4.69, 9.17) is 4.52 Å². The van der Waals surface area contributed by atoms with E-state index in [9.17, 15) is 4.79 Å². The molecule has 0 atom stereocenters. The second kappa shape index (κ2) is 6.19. The van der Waals surface area contributed by atoms with Crippen molar-refractivity contribution in [2.45, 2.75) is 44.4 Å². The summed E-state index contributed by atoms with van der Waals surface area (Å²) in [6.45, 7) is 1.60. The van der Waals surface area contributed by atoms with Gasteiger partial charge in [-0.1, -0.05) is 35.5 Å². The average molecular weight is 310 g/mol. The molecule has 2 aliphatic rings. The lowest BCUT2D eigenvalue weighted by molar-refractivity contribution is 0.0669. The van der Waals surface area contributed by atoms with Crippen LogP contribution < -0.4 is 0 Å². The van der Waals surface area contributed by atoms with E-state index in [1.54, 1.807) is 0 Å². The molecule has 4 rings (SSSR count). The van der Waals surface area contributed by atoms with Crippen molar-refractivity contribution in [3.8, 4) is 0 Å². The first-order valence-corrected chi connectivity index (χ1v) is 8.64. The largest absolute Gasteiger partial charge is 0.350 e. The standard InChI is InChI=1S/C19H22N2O2/c22-19(18-16-8-4-5-9-17(16)20-23-18)21-12-10-15(11-13-21)14-6-2-1-3-7-14/h1-3,6-7,15H,4-5,8-13H2. The SMILES string of the molecule is O=C(c1onc2c1CCCC2)N1CCC(c2ccccc2)CC1. The van der Waals surface area contributed by atoms with Gasteiger partial charge in [-0.2, -0.15) is 0 Å². The van der Waals surface area contributed by atoms with E-state index in [2.05, 4.69) is 35.5 Å². The Balaban J connectivity index is 1.44. The second-order valence-corrected chi connectivity index (χ2v) is 6.62. The number of hydrogen-bond acceptors (Lipinski definition) is 3. The molecule has 120 valence electrons. The predicted octanol–water partition coefficient (Wildman–Crippen LogP) is 3.57. The summed E-state index contributed by atoms with van der Waals surface area (Å²) in [5.41, 5.74) is 3.45. The monoisotopic (exact) mass is 310 g/mol. The lowest BCUT2D eigenvalue weighted by Gasteiger charge is -2.31. The minimum Gasteiger partial charge on any atom is -0.350 e. The van der Waals surface area contributed by atoms with Crippen LogP contribution in [-0.2, 0) is 12.8 Å². The highest BCUT2D eigenvalue weighted by atomic mass is 16.5. The Morgan fingerprint density at radius 3 is 2.61 bits per heavy atom. The normalized spacial score (nSPS) is 18.7. The Morgan fingerprint density at radius 1 is 1.09 bits per heavy atom. The maximum atomic E-state index is 12.8. The maximum absolute atomic E-state index is 12.8. The third kappa shape index (κ3) is 2.78. The van der Waals surface area contributed by atoms with Gasteiger partial charge >= 0.3 is 0 Å². The van der Waals surface area contributed by atoms with Crippen molar-refractivity contribution in [3.63, 3.8) is 0 Å². The average Bonchev–Trinajstić information content (AvgIpc) is 3.06. The fourth-order valence-corrected chi connectivity index (χ4v) is 3.84. The predicted molar refractivity (Wildman–Crippen MR) is 87.5 cm³/mol. The van der Waals surface area contributed by atoms with Gasteiger partial charge in [0.25, 0.3) is 5.91 Å². The van der Waals surface area contributed by atoms with Gasteiger partial charge in [0.2, 0.25) is 5.76 Å². The van der Waals surface area contributed by atoms with E-state index < -0.39 is 0 Å². The van der Waals surface area contributed by atoms with Gasteiger partial charge < -0.3 is 9.42 Å². The molecular formula is C19H22N2O2. The minimum absolute atomic E-state index is 0.0344. The third-order valence-electron chi connectivity index (χ3n) is 5.21. The first-order valence-electron chi connectivity index (χ1n) is 8.64. The van der Waals surface area contributed by atoms with Crippen LogP contribution in [0.25, 0.3) is 0 Å². The molecule has 23 heavy (non-hydrogen) atoms. The summed E-state index contributed by atoms with van der Waals surface area (Å²) < 4.78 is 5.40. The first-order chi connectivity index (χ1) is 11.3. The van der Waals surface area contributed by atoms with Crippen molar-refractivity contribution in [3.05, 3.63) is 52.9 Å². The quantitative estimate of drug-likeness (QED) is 0.852. The van der Waals surface area contributed by atoms with Crippen molar-refractivity contribution < 1.29 is 9.32 Å². The van der Waals surface area contributed by atoms with Crippen LogP contribution in [0.3, 0.4) is 0 Å². The van der Waals surface area contributed by atoms with Crippen LogP contribution in [0.2, 0.25) is 0 Å². The Kier molecular flexibility index (Phi) is 3.90. The lowest BCUT2D eigenvalue weighted by atomic mass is 9.89. The fourth-order valence-electron chi connectivity index (χ4n) is 3.84. The number of rotatable bonds is 2. The number of aromatic nitrogens is 1. The molecule has 1 aliphatic heterocycles. The summed E-state index contributed by atoms with van der Waals surface area (Å²) in [4.78, 5) is 14.7. The number of carbonyl (C=O) groups is 1. The zero-order valence-corrected chi connectivity index (χ0v) is 13.3.